The van der Waals surface area contributed by atoms with Crippen molar-refractivity contribution >= 4 is 16.5 Å². The van der Waals surface area contributed by atoms with Gasteiger partial charge in [-0.3, -0.25) is 0 Å². The van der Waals surface area contributed by atoms with E-state index in [-0.39, 0.29) is 22.0 Å². The zero-order chi connectivity index (χ0) is 13.7. The molecule has 6 heteroatoms. The first-order valence-corrected chi connectivity index (χ1v) is 4.97. The summed E-state index contributed by atoms with van der Waals surface area (Å²) in [5.41, 5.74) is 4.23. The second-order valence-corrected chi connectivity index (χ2v) is 3.98. The summed E-state index contributed by atoms with van der Waals surface area (Å²) in [7, 11) is 0. The monoisotopic (exact) mass is 261 g/mol. The fraction of sp³-hybridized carbons (Fsp3) is 0.167. The Morgan fingerprint density at radius 3 is 2.22 bits per heavy atom. The van der Waals surface area contributed by atoms with E-state index < -0.39 is 23.4 Å². The molecule has 0 amide bonds. The topological polar surface area (TPSA) is 26.0 Å². The molecule has 2 rings (SSSR count). The van der Waals surface area contributed by atoms with Crippen LogP contribution < -0.4 is 5.73 Å². The number of aryl methyl sites for hydroxylation is 1. The lowest BCUT2D eigenvalue weighted by Crippen LogP contribution is -2.11. The van der Waals surface area contributed by atoms with Crippen LogP contribution >= 0.6 is 0 Å². The first-order valence-electron chi connectivity index (χ1n) is 4.97. The second kappa shape index (κ2) is 3.83. The van der Waals surface area contributed by atoms with Gasteiger partial charge in [0, 0.05) is 11.1 Å². The van der Waals surface area contributed by atoms with Crippen molar-refractivity contribution in [2.24, 2.45) is 0 Å². The SMILES string of the molecule is Cc1cc(N)cc2cc(F)c(F)c(C(F)(F)F)c12. The standard InChI is InChI=1S/C12H8F5N/c1-5-2-7(18)3-6-4-8(13)11(14)10(9(5)6)12(15,16)17/h2-4H,18H2,1H3. The summed E-state index contributed by atoms with van der Waals surface area (Å²) in [5.74, 6) is -3.43. The smallest absolute Gasteiger partial charge is 0.399 e. The lowest BCUT2D eigenvalue weighted by Gasteiger charge is -2.14. The van der Waals surface area contributed by atoms with Gasteiger partial charge in [-0.05, 0) is 36.1 Å². The minimum absolute atomic E-state index is 0.0706. The Hall–Kier alpha value is -1.85. The first kappa shape index (κ1) is 12.6. The molecule has 2 N–H and O–H groups in total. The Morgan fingerprint density at radius 2 is 1.67 bits per heavy atom. The molecule has 0 atom stereocenters. The van der Waals surface area contributed by atoms with E-state index in [1.54, 1.807) is 0 Å². The maximum Gasteiger partial charge on any atom is 0.419 e. The molecule has 0 bridgehead atoms. The van der Waals surface area contributed by atoms with Crippen LogP contribution in [0.3, 0.4) is 0 Å². The van der Waals surface area contributed by atoms with Gasteiger partial charge in [0.2, 0.25) is 0 Å². The van der Waals surface area contributed by atoms with Gasteiger partial charge in [0.15, 0.2) is 11.6 Å². The van der Waals surface area contributed by atoms with Crippen molar-refractivity contribution in [3.63, 3.8) is 0 Å². The van der Waals surface area contributed by atoms with Crippen LogP contribution in [-0.2, 0) is 6.18 Å². The number of rotatable bonds is 0. The molecule has 0 saturated heterocycles. The zero-order valence-corrected chi connectivity index (χ0v) is 9.20. The van der Waals surface area contributed by atoms with Crippen LogP contribution in [-0.4, -0.2) is 0 Å². The highest BCUT2D eigenvalue weighted by Crippen LogP contribution is 2.39. The summed E-state index contributed by atoms with van der Waals surface area (Å²) in [6.07, 6.45) is -4.97. The third-order valence-corrected chi connectivity index (χ3v) is 2.63. The minimum atomic E-state index is -4.97. The maximum atomic E-state index is 13.4. The van der Waals surface area contributed by atoms with Crippen molar-refractivity contribution in [2.45, 2.75) is 13.1 Å². The van der Waals surface area contributed by atoms with Gasteiger partial charge in [-0.2, -0.15) is 13.2 Å². The van der Waals surface area contributed by atoms with E-state index in [4.69, 9.17) is 5.73 Å². The van der Waals surface area contributed by atoms with Gasteiger partial charge in [-0.25, -0.2) is 8.78 Å². The summed E-state index contributed by atoms with van der Waals surface area (Å²) in [6, 6.07) is 3.18. The van der Waals surface area contributed by atoms with E-state index in [2.05, 4.69) is 0 Å². The minimum Gasteiger partial charge on any atom is -0.399 e. The Morgan fingerprint density at radius 1 is 1.06 bits per heavy atom. The molecule has 0 aliphatic carbocycles. The molecule has 0 unspecified atom stereocenters. The van der Waals surface area contributed by atoms with Crippen molar-refractivity contribution < 1.29 is 22.0 Å². The highest BCUT2D eigenvalue weighted by Gasteiger charge is 2.38. The predicted octanol–water partition coefficient (Wildman–Crippen LogP) is 4.03. The van der Waals surface area contributed by atoms with Gasteiger partial charge in [0.05, 0.1) is 0 Å². The summed E-state index contributed by atoms with van der Waals surface area (Å²) in [6.45, 7) is 1.37. The highest BCUT2D eigenvalue weighted by atomic mass is 19.4. The molecule has 0 aliphatic rings. The molecule has 0 aromatic heterocycles. The summed E-state index contributed by atoms with van der Waals surface area (Å²) in [4.78, 5) is 0. The van der Waals surface area contributed by atoms with Crippen LogP contribution in [0.2, 0.25) is 0 Å². The largest absolute Gasteiger partial charge is 0.419 e. The van der Waals surface area contributed by atoms with Gasteiger partial charge >= 0.3 is 6.18 Å². The Balaban J connectivity index is 3.02. The average molecular weight is 261 g/mol. The van der Waals surface area contributed by atoms with Crippen LogP contribution in [0.5, 0.6) is 0 Å². The Bertz CT molecular complexity index is 631. The van der Waals surface area contributed by atoms with E-state index in [1.165, 1.54) is 19.1 Å². The molecule has 0 aliphatic heterocycles. The van der Waals surface area contributed by atoms with Crippen LogP contribution in [0.25, 0.3) is 10.8 Å². The van der Waals surface area contributed by atoms with E-state index in [9.17, 15) is 22.0 Å². The van der Waals surface area contributed by atoms with Crippen molar-refractivity contribution in [1.82, 2.24) is 0 Å². The van der Waals surface area contributed by atoms with E-state index in [0.717, 1.165) is 0 Å². The number of anilines is 1. The molecular formula is C12H8F5N. The molecule has 2 aromatic rings. The second-order valence-electron chi connectivity index (χ2n) is 3.98. The van der Waals surface area contributed by atoms with Crippen molar-refractivity contribution in [1.29, 1.82) is 0 Å². The van der Waals surface area contributed by atoms with E-state index >= 15 is 0 Å². The van der Waals surface area contributed by atoms with Crippen LogP contribution in [0, 0.1) is 18.6 Å². The van der Waals surface area contributed by atoms with Gasteiger partial charge in [-0.1, -0.05) is 0 Å². The third kappa shape index (κ3) is 1.87. The lowest BCUT2D eigenvalue weighted by molar-refractivity contribution is -0.138. The van der Waals surface area contributed by atoms with E-state index in [0.29, 0.717) is 6.07 Å². The number of nitrogen functional groups attached to an aromatic ring is 1. The highest BCUT2D eigenvalue weighted by molar-refractivity contribution is 5.92. The average Bonchev–Trinajstić information content (AvgIpc) is 2.18. The number of fused-ring (bicyclic) bond motifs is 1. The number of nitrogens with two attached hydrogens (primary N) is 1. The number of halogens is 5. The van der Waals surface area contributed by atoms with Gasteiger partial charge in [0.25, 0.3) is 0 Å². The van der Waals surface area contributed by atoms with Gasteiger partial charge in [0.1, 0.15) is 5.56 Å². The van der Waals surface area contributed by atoms with Gasteiger partial charge < -0.3 is 5.73 Å². The number of benzene rings is 2. The fourth-order valence-corrected chi connectivity index (χ4v) is 1.99. The Labute approximate surface area is 99.0 Å². The predicted molar refractivity (Wildman–Crippen MR) is 58.0 cm³/mol. The van der Waals surface area contributed by atoms with Crippen molar-refractivity contribution in [3.05, 3.63) is 41.0 Å². The molecular weight excluding hydrogens is 253 g/mol. The number of alkyl halides is 3. The molecule has 0 saturated carbocycles. The first-order chi connectivity index (χ1) is 8.21. The number of hydrogen-bond donors (Lipinski definition) is 1. The Kier molecular flexibility index (Phi) is 2.68. The molecule has 96 valence electrons. The van der Waals surface area contributed by atoms with Crippen molar-refractivity contribution in [2.75, 3.05) is 5.73 Å². The third-order valence-electron chi connectivity index (χ3n) is 2.63. The van der Waals surface area contributed by atoms with Gasteiger partial charge in [-0.15, -0.1) is 0 Å². The zero-order valence-electron chi connectivity index (χ0n) is 9.20. The molecule has 0 fully saturated rings. The van der Waals surface area contributed by atoms with Crippen LogP contribution in [0.4, 0.5) is 27.6 Å². The summed E-state index contributed by atoms with van der Waals surface area (Å²) in [5, 5.41) is -0.436. The van der Waals surface area contributed by atoms with Crippen LogP contribution in [0.15, 0.2) is 18.2 Å². The molecule has 18 heavy (non-hydrogen) atoms. The summed E-state index contributed by atoms with van der Waals surface area (Å²) >= 11 is 0. The maximum absolute atomic E-state index is 13.4. The van der Waals surface area contributed by atoms with E-state index in [1.807, 2.05) is 0 Å². The fourth-order valence-electron chi connectivity index (χ4n) is 1.99. The van der Waals surface area contributed by atoms with Crippen molar-refractivity contribution in [3.8, 4) is 0 Å². The lowest BCUT2D eigenvalue weighted by atomic mass is 9.98. The normalized spacial score (nSPS) is 12.1. The molecule has 0 radical (unpaired) electrons. The number of hydrogen-bond acceptors (Lipinski definition) is 1. The molecule has 0 spiro atoms. The summed E-state index contributed by atoms with van der Waals surface area (Å²) < 4.78 is 65.0. The quantitative estimate of drug-likeness (QED) is 0.562. The molecule has 0 heterocycles. The van der Waals surface area contributed by atoms with Crippen LogP contribution in [0.1, 0.15) is 11.1 Å². The molecule has 2 aromatic carbocycles. The molecule has 1 nitrogen and oxygen atoms in total.